The summed E-state index contributed by atoms with van der Waals surface area (Å²) >= 11 is 0. The second kappa shape index (κ2) is 8.84. The third-order valence-electron chi connectivity index (χ3n) is 5.84. The highest BCUT2D eigenvalue weighted by Crippen LogP contribution is 2.47. The number of hydrogen-bond donors (Lipinski definition) is 1. The lowest BCUT2D eigenvalue weighted by Gasteiger charge is -2.34. The normalized spacial score (nSPS) is 19.8. The molecular weight excluding hydrogens is 442 g/mol. The maximum Gasteiger partial charge on any atom is 0.294 e. The van der Waals surface area contributed by atoms with E-state index in [9.17, 15) is 22.4 Å². The van der Waals surface area contributed by atoms with E-state index >= 15 is 0 Å². The smallest absolute Gasteiger partial charge is 0.294 e. The largest absolute Gasteiger partial charge is 0.479 e. The standard InChI is InChI=1S/C23H21F4N3O3/c1-12-11-23(26,27)7-5-14(12)20-21(29-22(31)18-10-19(32-2)30-33-18)15(6-8-28-20)16-9-13(24)3-4-17(16)25/h3-4,6,8-10,12,14H,5,7,11H2,1-2H3,(H,29,31)/t12-,14-/m0/s1. The summed E-state index contributed by atoms with van der Waals surface area (Å²) in [5.41, 5.74) is 0.489. The predicted octanol–water partition coefficient (Wildman–Crippen LogP) is 5.81. The number of pyridine rings is 1. The molecule has 1 aliphatic rings. The Labute approximate surface area is 186 Å². The van der Waals surface area contributed by atoms with Gasteiger partial charge in [0.1, 0.15) is 11.6 Å². The highest BCUT2D eigenvalue weighted by Gasteiger charge is 2.41. The average molecular weight is 463 g/mol. The summed E-state index contributed by atoms with van der Waals surface area (Å²) in [5, 5.41) is 6.23. The van der Waals surface area contributed by atoms with Crippen molar-refractivity contribution in [3.8, 4) is 17.0 Å². The van der Waals surface area contributed by atoms with E-state index in [0.717, 1.165) is 18.2 Å². The van der Waals surface area contributed by atoms with Gasteiger partial charge in [0.25, 0.3) is 11.8 Å². The van der Waals surface area contributed by atoms with E-state index in [-0.39, 0.29) is 47.7 Å². The van der Waals surface area contributed by atoms with Crippen molar-refractivity contribution in [2.45, 2.75) is 38.0 Å². The summed E-state index contributed by atoms with van der Waals surface area (Å²) < 4.78 is 66.4. The average Bonchev–Trinajstić information content (AvgIpc) is 3.25. The molecule has 2 aromatic heterocycles. The zero-order valence-corrected chi connectivity index (χ0v) is 17.9. The molecule has 174 valence electrons. The first kappa shape index (κ1) is 22.8. The number of carbonyl (C=O) groups is 1. The number of alkyl halides is 2. The minimum Gasteiger partial charge on any atom is -0.479 e. The molecule has 1 aliphatic carbocycles. The molecule has 6 nitrogen and oxygen atoms in total. The minimum atomic E-state index is -2.79. The lowest BCUT2D eigenvalue weighted by atomic mass is 9.75. The lowest BCUT2D eigenvalue weighted by molar-refractivity contribution is -0.0558. The van der Waals surface area contributed by atoms with Crippen molar-refractivity contribution in [2.24, 2.45) is 5.92 Å². The molecule has 1 fully saturated rings. The molecule has 0 aliphatic heterocycles. The van der Waals surface area contributed by atoms with E-state index in [1.54, 1.807) is 6.92 Å². The number of ether oxygens (including phenoxy) is 1. The minimum absolute atomic E-state index is 0.0751. The molecule has 1 N–H and O–H groups in total. The van der Waals surface area contributed by atoms with Crippen LogP contribution in [0.5, 0.6) is 5.88 Å². The molecule has 3 aromatic rings. The van der Waals surface area contributed by atoms with Gasteiger partial charge in [-0.1, -0.05) is 6.92 Å². The van der Waals surface area contributed by atoms with Gasteiger partial charge in [-0.15, -0.1) is 0 Å². The summed E-state index contributed by atoms with van der Waals surface area (Å²) in [6.45, 7) is 1.68. The summed E-state index contributed by atoms with van der Waals surface area (Å²) in [6, 6.07) is 5.64. The zero-order chi connectivity index (χ0) is 23.8. The zero-order valence-electron chi connectivity index (χ0n) is 17.9. The van der Waals surface area contributed by atoms with Crippen LogP contribution < -0.4 is 10.1 Å². The highest BCUT2D eigenvalue weighted by atomic mass is 19.3. The topological polar surface area (TPSA) is 77.2 Å². The van der Waals surface area contributed by atoms with E-state index < -0.39 is 35.3 Å². The first-order valence-corrected chi connectivity index (χ1v) is 10.3. The predicted molar refractivity (Wildman–Crippen MR) is 111 cm³/mol. The van der Waals surface area contributed by atoms with Gasteiger partial charge in [-0.05, 0) is 41.8 Å². The Morgan fingerprint density at radius 3 is 2.70 bits per heavy atom. The van der Waals surface area contributed by atoms with E-state index in [2.05, 4.69) is 15.5 Å². The number of methoxy groups -OCH3 is 1. The van der Waals surface area contributed by atoms with Gasteiger partial charge in [0.05, 0.1) is 24.6 Å². The molecule has 2 atom stereocenters. The van der Waals surface area contributed by atoms with Crippen LogP contribution in [0.15, 0.2) is 41.1 Å². The Balaban J connectivity index is 1.81. The third kappa shape index (κ3) is 4.69. The van der Waals surface area contributed by atoms with Crippen LogP contribution in [0.1, 0.15) is 48.4 Å². The highest BCUT2D eigenvalue weighted by molar-refractivity contribution is 6.05. The van der Waals surface area contributed by atoms with Crippen molar-refractivity contribution < 1.29 is 31.6 Å². The molecule has 1 saturated carbocycles. The van der Waals surface area contributed by atoms with Gasteiger partial charge >= 0.3 is 0 Å². The number of halogens is 4. The van der Waals surface area contributed by atoms with Crippen LogP contribution in [0.2, 0.25) is 0 Å². The summed E-state index contributed by atoms with van der Waals surface area (Å²) in [7, 11) is 1.35. The molecule has 1 aromatic carbocycles. The Hall–Kier alpha value is -3.43. The number of amides is 1. The van der Waals surface area contributed by atoms with Crippen LogP contribution in [-0.4, -0.2) is 29.1 Å². The molecule has 4 rings (SSSR count). The quantitative estimate of drug-likeness (QED) is 0.483. The summed E-state index contributed by atoms with van der Waals surface area (Å²) in [6.07, 6.45) is 0.830. The monoisotopic (exact) mass is 463 g/mol. The maximum absolute atomic E-state index is 14.7. The molecule has 0 saturated heterocycles. The number of nitrogens with one attached hydrogen (secondary N) is 1. The number of benzene rings is 1. The second-order valence-electron chi connectivity index (χ2n) is 8.11. The number of rotatable bonds is 5. The molecule has 0 unspecified atom stereocenters. The molecule has 2 heterocycles. The van der Waals surface area contributed by atoms with Crippen LogP contribution in [0.4, 0.5) is 23.2 Å². The summed E-state index contributed by atoms with van der Waals surface area (Å²) in [5.74, 6) is -5.91. The molecule has 0 radical (unpaired) electrons. The van der Waals surface area contributed by atoms with Gasteiger partial charge in [-0.25, -0.2) is 17.6 Å². The number of carbonyl (C=O) groups excluding carboxylic acids is 1. The van der Waals surface area contributed by atoms with Crippen molar-refractivity contribution in [3.05, 3.63) is 59.6 Å². The third-order valence-corrected chi connectivity index (χ3v) is 5.84. The van der Waals surface area contributed by atoms with Crippen LogP contribution in [0, 0.1) is 17.6 Å². The van der Waals surface area contributed by atoms with Crippen LogP contribution in [0.25, 0.3) is 11.1 Å². The first-order valence-electron chi connectivity index (χ1n) is 10.3. The fraction of sp³-hybridized carbons (Fsp3) is 0.348. The first-order chi connectivity index (χ1) is 15.7. The van der Waals surface area contributed by atoms with Gasteiger partial charge < -0.3 is 14.6 Å². The number of hydrogen-bond acceptors (Lipinski definition) is 5. The van der Waals surface area contributed by atoms with E-state index in [1.165, 1.54) is 25.4 Å². The molecule has 1 amide bonds. The summed E-state index contributed by atoms with van der Waals surface area (Å²) in [4.78, 5) is 17.2. The molecule has 0 bridgehead atoms. The molecule has 10 heteroatoms. The number of anilines is 1. The van der Waals surface area contributed by atoms with E-state index in [0.29, 0.717) is 5.69 Å². The number of aromatic nitrogens is 2. The molecule has 0 spiro atoms. The fourth-order valence-corrected chi connectivity index (χ4v) is 4.23. The van der Waals surface area contributed by atoms with Crippen molar-refractivity contribution >= 4 is 11.6 Å². The van der Waals surface area contributed by atoms with E-state index in [1.807, 2.05) is 0 Å². The van der Waals surface area contributed by atoms with Crippen LogP contribution in [-0.2, 0) is 0 Å². The van der Waals surface area contributed by atoms with Gasteiger partial charge in [0.15, 0.2) is 0 Å². The Morgan fingerprint density at radius 2 is 2.00 bits per heavy atom. The van der Waals surface area contributed by atoms with E-state index in [4.69, 9.17) is 9.26 Å². The van der Waals surface area contributed by atoms with Gasteiger partial charge in [-0.2, -0.15) is 0 Å². The molecular formula is C23H21F4N3O3. The Bertz CT molecular complexity index is 1180. The van der Waals surface area contributed by atoms with Gasteiger partial charge in [0, 0.05) is 36.1 Å². The SMILES string of the molecule is COc1cc(C(=O)Nc2c(-c3cc(F)ccc3F)ccnc2[C@H]2CCC(F)(F)C[C@@H]2C)on1. The Kier molecular flexibility index (Phi) is 6.09. The molecule has 33 heavy (non-hydrogen) atoms. The van der Waals surface area contributed by atoms with Crippen molar-refractivity contribution in [3.63, 3.8) is 0 Å². The maximum atomic E-state index is 14.7. The Morgan fingerprint density at radius 1 is 1.21 bits per heavy atom. The van der Waals surface area contributed by atoms with Gasteiger partial charge in [0.2, 0.25) is 11.7 Å². The van der Waals surface area contributed by atoms with Crippen molar-refractivity contribution in [1.82, 2.24) is 10.1 Å². The fourth-order valence-electron chi connectivity index (χ4n) is 4.23. The van der Waals surface area contributed by atoms with Crippen molar-refractivity contribution in [2.75, 3.05) is 12.4 Å². The lowest BCUT2D eigenvalue weighted by Crippen LogP contribution is -2.31. The van der Waals surface area contributed by atoms with Gasteiger partial charge in [-0.3, -0.25) is 9.78 Å². The van der Waals surface area contributed by atoms with Crippen LogP contribution >= 0.6 is 0 Å². The second-order valence-corrected chi connectivity index (χ2v) is 8.11. The van der Waals surface area contributed by atoms with Crippen LogP contribution in [0.3, 0.4) is 0 Å². The number of nitrogens with zero attached hydrogens (tertiary/aromatic N) is 2. The van der Waals surface area contributed by atoms with Crippen molar-refractivity contribution in [1.29, 1.82) is 0 Å².